The standard InChI is InChI=1S/C16H16ClF2NO/c1-10(20-2)11-6-7-15(13(17)8-11)21-9-12-4-3-5-14(18)16(12)19/h3-8,10,20H,9H2,1-2H3. The minimum absolute atomic E-state index is 0.0791. The molecular weight excluding hydrogens is 296 g/mol. The van der Waals surface area contributed by atoms with Gasteiger partial charge in [-0.3, -0.25) is 0 Å². The van der Waals surface area contributed by atoms with Crippen molar-refractivity contribution < 1.29 is 13.5 Å². The van der Waals surface area contributed by atoms with E-state index >= 15 is 0 Å². The molecule has 2 aromatic carbocycles. The molecule has 0 radical (unpaired) electrons. The van der Waals surface area contributed by atoms with Gasteiger partial charge in [-0.15, -0.1) is 0 Å². The summed E-state index contributed by atoms with van der Waals surface area (Å²) >= 11 is 6.15. The third kappa shape index (κ3) is 3.71. The molecule has 1 unspecified atom stereocenters. The topological polar surface area (TPSA) is 21.3 Å². The zero-order valence-electron chi connectivity index (χ0n) is 11.8. The molecule has 0 saturated carbocycles. The molecule has 1 N–H and O–H groups in total. The van der Waals surface area contributed by atoms with Crippen molar-refractivity contribution in [1.82, 2.24) is 5.32 Å². The Kier molecular flexibility index (Phi) is 5.15. The van der Waals surface area contributed by atoms with Gasteiger partial charge in [-0.25, -0.2) is 8.78 Å². The fourth-order valence-corrected chi connectivity index (χ4v) is 2.13. The lowest BCUT2D eigenvalue weighted by Gasteiger charge is -2.14. The fourth-order valence-electron chi connectivity index (χ4n) is 1.89. The van der Waals surface area contributed by atoms with Gasteiger partial charge in [0.2, 0.25) is 0 Å². The summed E-state index contributed by atoms with van der Waals surface area (Å²) in [6.07, 6.45) is 0. The highest BCUT2D eigenvalue weighted by atomic mass is 35.5. The summed E-state index contributed by atoms with van der Waals surface area (Å²) in [7, 11) is 1.86. The van der Waals surface area contributed by atoms with Crippen molar-refractivity contribution in [3.8, 4) is 5.75 Å². The van der Waals surface area contributed by atoms with Gasteiger partial charge in [0.05, 0.1) is 5.02 Å². The average Bonchev–Trinajstić information content (AvgIpc) is 2.49. The average molecular weight is 312 g/mol. The lowest BCUT2D eigenvalue weighted by Crippen LogP contribution is -2.12. The number of rotatable bonds is 5. The normalized spacial score (nSPS) is 12.2. The van der Waals surface area contributed by atoms with Crippen LogP contribution < -0.4 is 10.1 Å². The predicted octanol–water partition coefficient (Wildman–Crippen LogP) is 4.48. The van der Waals surface area contributed by atoms with E-state index in [9.17, 15) is 8.78 Å². The molecule has 0 aliphatic heterocycles. The number of ether oxygens (including phenoxy) is 1. The number of nitrogens with one attached hydrogen (secondary N) is 1. The highest BCUT2D eigenvalue weighted by Crippen LogP contribution is 2.28. The minimum atomic E-state index is -0.894. The van der Waals surface area contributed by atoms with E-state index in [1.54, 1.807) is 12.1 Å². The number of hydrogen-bond acceptors (Lipinski definition) is 2. The quantitative estimate of drug-likeness (QED) is 0.879. The maximum Gasteiger partial charge on any atom is 0.165 e. The van der Waals surface area contributed by atoms with Crippen molar-refractivity contribution in [2.45, 2.75) is 19.6 Å². The Hall–Kier alpha value is -1.65. The van der Waals surface area contributed by atoms with Crippen LogP contribution in [0.2, 0.25) is 5.02 Å². The molecule has 0 bridgehead atoms. The second kappa shape index (κ2) is 6.87. The van der Waals surface area contributed by atoms with Crippen LogP contribution in [0.4, 0.5) is 8.78 Å². The van der Waals surface area contributed by atoms with Crippen LogP contribution in [0, 0.1) is 11.6 Å². The van der Waals surface area contributed by atoms with Gasteiger partial charge in [-0.1, -0.05) is 29.8 Å². The van der Waals surface area contributed by atoms with Crippen molar-refractivity contribution in [2.24, 2.45) is 0 Å². The molecule has 0 spiro atoms. The third-order valence-electron chi connectivity index (χ3n) is 3.30. The molecule has 2 aromatic rings. The Morgan fingerprint density at radius 1 is 1.24 bits per heavy atom. The molecule has 0 aromatic heterocycles. The van der Waals surface area contributed by atoms with Gasteiger partial charge in [0.1, 0.15) is 12.4 Å². The van der Waals surface area contributed by atoms with Crippen molar-refractivity contribution in [3.05, 3.63) is 64.2 Å². The van der Waals surface area contributed by atoms with Gasteiger partial charge in [-0.2, -0.15) is 0 Å². The lowest BCUT2D eigenvalue weighted by molar-refractivity contribution is 0.297. The largest absolute Gasteiger partial charge is 0.487 e. The Balaban J connectivity index is 2.12. The number of halogens is 3. The van der Waals surface area contributed by atoms with Crippen LogP contribution in [-0.2, 0) is 6.61 Å². The molecule has 2 nitrogen and oxygen atoms in total. The van der Waals surface area contributed by atoms with Crippen LogP contribution in [0.5, 0.6) is 5.75 Å². The molecule has 112 valence electrons. The van der Waals surface area contributed by atoms with E-state index in [0.717, 1.165) is 11.6 Å². The molecule has 0 saturated heterocycles. The highest BCUT2D eigenvalue weighted by molar-refractivity contribution is 6.32. The fraction of sp³-hybridized carbons (Fsp3) is 0.250. The summed E-state index contributed by atoms with van der Waals surface area (Å²) in [6.45, 7) is 1.93. The first-order valence-electron chi connectivity index (χ1n) is 6.55. The van der Waals surface area contributed by atoms with E-state index in [2.05, 4.69) is 5.32 Å². The molecule has 2 rings (SSSR count). The molecule has 0 aliphatic carbocycles. The minimum Gasteiger partial charge on any atom is -0.487 e. The summed E-state index contributed by atoms with van der Waals surface area (Å²) in [6, 6.07) is 9.55. The Morgan fingerprint density at radius 3 is 2.67 bits per heavy atom. The maximum atomic E-state index is 13.5. The highest BCUT2D eigenvalue weighted by Gasteiger charge is 2.11. The van der Waals surface area contributed by atoms with Gasteiger partial charge in [0.25, 0.3) is 0 Å². The van der Waals surface area contributed by atoms with Gasteiger partial charge >= 0.3 is 0 Å². The zero-order chi connectivity index (χ0) is 15.4. The number of hydrogen-bond donors (Lipinski definition) is 1. The van der Waals surface area contributed by atoms with Crippen LogP contribution in [0.3, 0.4) is 0 Å². The Morgan fingerprint density at radius 2 is 2.00 bits per heavy atom. The van der Waals surface area contributed by atoms with Crippen LogP contribution in [0.25, 0.3) is 0 Å². The zero-order valence-corrected chi connectivity index (χ0v) is 12.5. The van der Waals surface area contributed by atoms with E-state index in [-0.39, 0.29) is 18.2 Å². The van der Waals surface area contributed by atoms with Gasteiger partial charge < -0.3 is 10.1 Å². The van der Waals surface area contributed by atoms with Gasteiger partial charge in [0, 0.05) is 11.6 Å². The second-order valence-electron chi connectivity index (χ2n) is 4.70. The van der Waals surface area contributed by atoms with Crippen LogP contribution >= 0.6 is 11.6 Å². The monoisotopic (exact) mass is 311 g/mol. The summed E-state index contributed by atoms with van der Waals surface area (Å²) in [5.41, 5.74) is 1.17. The Labute approximate surface area is 127 Å². The summed E-state index contributed by atoms with van der Waals surface area (Å²) in [5, 5.41) is 3.55. The summed E-state index contributed by atoms with van der Waals surface area (Å²) in [5.74, 6) is -1.35. The van der Waals surface area contributed by atoms with Crippen LogP contribution in [0.15, 0.2) is 36.4 Å². The molecule has 1 atom stereocenters. The third-order valence-corrected chi connectivity index (χ3v) is 3.60. The van der Waals surface area contributed by atoms with E-state index < -0.39 is 11.6 Å². The van der Waals surface area contributed by atoms with Crippen molar-refractivity contribution >= 4 is 11.6 Å². The molecule has 0 aliphatic rings. The van der Waals surface area contributed by atoms with Gasteiger partial charge in [0.15, 0.2) is 11.6 Å². The first kappa shape index (κ1) is 15.7. The number of benzene rings is 2. The van der Waals surface area contributed by atoms with Gasteiger partial charge in [-0.05, 0) is 37.7 Å². The molecule has 21 heavy (non-hydrogen) atoms. The van der Waals surface area contributed by atoms with Crippen LogP contribution in [-0.4, -0.2) is 7.05 Å². The molecule has 0 heterocycles. The molecule has 5 heteroatoms. The Bertz CT molecular complexity index is 634. The first-order chi connectivity index (χ1) is 10.0. The van der Waals surface area contributed by atoms with E-state index in [1.165, 1.54) is 12.1 Å². The molecule has 0 fully saturated rings. The van der Waals surface area contributed by atoms with Crippen LogP contribution in [0.1, 0.15) is 24.1 Å². The van der Waals surface area contributed by atoms with E-state index in [0.29, 0.717) is 10.8 Å². The summed E-state index contributed by atoms with van der Waals surface area (Å²) < 4.78 is 32.1. The first-order valence-corrected chi connectivity index (χ1v) is 6.93. The summed E-state index contributed by atoms with van der Waals surface area (Å²) in [4.78, 5) is 0. The van der Waals surface area contributed by atoms with Crippen molar-refractivity contribution in [1.29, 1.82) is 0 Å². The molecular formula is C16H16ClF2NO. The smallest absolute Gasteiger partial charge is 0.165 e. The van der Waals surface area contributed by atoms with E-state index in [1.807, 2.05) is 20.0 Å². The van der Waals surface area contributed by atoms with E-state index in [4.69, 9.17) is 16.3 Å². The SMILES string of the molecule is CNC(C)c1ccc(OCc2cccc(F)c2F)c(Cl)c1. The van der Waals surface area contributed by atoms with Crippen molar-refractivity contribution in [3.63, 3.8) is 0 Å². The maximum absolute atomic E-state index is 13.5. The predicted molar refractivity (Wildman–Crippen MR) is 79.6 cm³/mol. The van der Waals surface area contributed by atoms with Crippen molar-refractivity contribution in [2.75, 3.05) is 7.05 Å². The molecule has 0 amide bonds. The lowest BCUT2D eigenvalue weighted by atomic mass is 10.1. The second-order valence-corrected chi connectivity index (χ2v) is 5.11.